The van der Waals surface area contributed by atoms with Crippen molar-refractivity contribution < 1.29 is 5.11 Å². The maximum absolute atomic E-state index is 10.7. The highest BCUT2D eigenvalue weighted by Crippen LogP contribution is 2.32. The number of fused-ring (bicyclic) bond motifs is 1. The Balaban J connectivity index is 2.19. The molecular formula is C17H27NO. The number of rotatable bonds is 2. The first kappa shape index (κ1) is 14.5. The van der Waals surface area contributed by atoms with Crippen molar-refractivity contribution in [1.29, 1.82) is 0 Å². The number of aliphatic hydroxyl groups excluding tert-OH is 1. The van der Waals surface area contributed by atoms with Crippen molar-refractivity contribution >= 4 is 0 Å². The van der Waals surface area contributed by atoms with E-state index in [-0.39, 0.29) is 17.6 Å². The van der Waals surface area contributed by atoms with Gasteiger partial charge < -0.3 is 5.11 Å². The highest BCUT2D eigenvalue weighted by molar-refractivity contribution is 5.31. The second-order valence-electron chi connectivity index (χ2n) is 7.08. The molecule has 2 unspecified atom stereocenters. The molecule has 0 aromatic heterocycles. The first-order valence-corrected chi connectivity index (χ1v) is 7.34. The summed E-state index contributed by atoms with van der Waals surface area (Å²) in [5, 5.41) is 10.7. The van der Waals surface area contributed by atoms with Gasteiger partial charge in [0.15, 0.2) is 0 Å². The molecule has 0 bridgehead atoms. The van der Waals surface area contributed by atoms with Crippen LogP contribution in [0.3, 0.4) is 0 Å². The second-order valence-corrected chi connectivity index (χ2v) is 7.08. The highest BCUT2D eigenvalue weighted by atomic mass is 16.3. The fourth-order valence-corrected chi connectivity index (χ4v) is 3.24. The van der Waals surface area contributed by atoms with Gasteiger partial charge in [-0.15, -0.1) is 0 Å². The summed E-state index contributed by atoms with van der Waals surface area (Å²) in [6.45, 7) is 7.76. The molecule has 2 atom stereocenters. The van der Waals surface area contributed by atoms with Crippen LogP contribution in [-0.4, -0.2) is 29.6 Å². The summed E-state index contributed by atoms with van der Waals surface area (Å²) < 4.78 is 0. The topological polar surface area (TPSA) is 23.5 Å². The molecule has 1 aliphatic rings. The fraction of sp³-hybridized carbons (Fsp3) is 0.647. The van der Waals surface area contributed by atoms with E-state index in [1.807, 2.05) is 6.07 Å². The molecule has 106 valence electrons. The number of likely N-dealkylation sites (N-methyl/N-ethyl adjacent to an activating group) is 1. The first-order valence-electron chi connectivity index (χ1n) is 7.34. The molecule has 0 saturated carbocycles. The molecule has 2 heteroatoms. The van der Waals surface area contributed by atoms with Gasteiger partial charge >= 0.3 is 0 Å². The van der Waals surface area contributed by atoms with Gasteiger partial charge in [-0.3, -0.25) is 4.90 Å². The number of aryl methyl sites for hydroxylation is 1. The largest absolute Gasteiger partial charge is 0.387 e. The van der Waals surface area contributed by atoms with Gasteiger partial charge in [0.2, 0.25) is 0 Å². The molecule has 0 spiro atoms. The van der Waals surface area contributed by atoms with Crippen molar-refractivity contribution in [2.45, 2.75) is 52.2 Å². The molecular weight excluding hydrogens is 234 g/mol. The van der Waals surface area contributed by atoms with Gasteiger partial charge in [-0.2, -0.15) is 0 Å². The van der Waals surface area contributed by atoms with E-state index in [0.29, 0.717) is 0 Å². The SMILES string of the molecule is CN(CC(C)(C)C)C1CCCc2ccccc2C1O. The van der Waals surface area contributed by atoms with Gasteiger partial charge in [0.05, 0.1) is 6.10 Å². The molecule has 0 heterocycles. The molecule has 19 heavy (non-hydrogen) atoms. The van der Waals surface area contributed by atoms with E-state index in [9.17, 15) is 5.11 Å². The Hall–Kier alpha value is -0.860. The van der Waals surface area contributed by atoms with Crippen LogP contribution in [0.5, 0.6) is 0 Å². The van der Waals surface area contributed by atoms with E-state index in [1.54, 1.807) is 0 Å². The van der Waals surface area contributed by atoms with Crippen molar-refractivity contribution in [3.8, 4) is 0 Å². The van der Waals surface area contributed by atoms with E-state index in [0.717, 1.165) is 31.4 Å². The summed E-state index contributed by atoms with van der Waals surface area (Å²) in [5.74, 6) is 0. The van der Waals surface area contributed by atoms with Crippen molar-refractivity contribution in [3.63, 3.8) is 0 Å². The number of aliphatic hydroxyl groups is 1. The van der Waals surface area contributed by atoms with Crippen LogP contribution in [0, 0.1) is 5.41 Å². The standard InChI is InChI=1S/C17H27NO/c1-17(2,3)12-18(4)15-11-7-9-13-8-5-6-10-14(13)16(15)19/h5-6,8,10,15-16,19H,7,9,11-12H2,1-4H3. The van der Waals surface area contributed by atoms with E-state index in [2.05, 4.69) is 50.9 Å². The lowest BCUT2D eigenvalue weighted by atomic mass is 9.93. The van der Waals surface area contributed by atoms with Crippen LogP contribution in [-0.2, 0) is 6.42 Å². The van der Waals surface area contributed by atoms with Gasteiger partial charge in [0.1, 0.15) is 0 Å². The summed E-state index contributed by atoms with van der Waals surface area (Å²) in [6, 6.07) is 8.59. The van der Waals surface area contributed by atoms with E-state index in [4.69, 9.17) is 0 Å². The van der Waals surface area contributed by atoms with Gasteiger partial charge in [-0.25, -0.2) is 0 Å². The summed E-state index contributed by atoms with van der Waals surface area (Å²) in [7, 11) is 2.15. The Morgan fingerprint density at radius 2 is 1.95 bits per heavy atom. The molecule has 1 aromatic rings. The maximum atomic E-state index is 10.7. The molecule has 0 amide bonds. The van der Waals surface area contributed by atoms with Crippen LogP contribution in [0.15, 0.2) is 24.3 Å². The van der Waals surface area contributed by atoms with Crippen molar-refractivity contribution in [1.82, 2.24) is 4.90 Å². The van der Waals surface area contributed by atoms with Gasteiger partial charge in [-0.05, 0) is 42.9 Å². The number of hydrogen-bond donors (Lipinski definition) is 1. The quantitative estimate of drug-likeness (QED) is 0.825. The predicted molar refractivity (Wildman–Crippen MR) is 80.2 cm³/mol. The molecule has 2 nitrogen and oxygen atoms in total. The minimum absolute atomic E-state index is 0.239. The zero-order valence-corrected chi connectivity index (χ0v) is 12.7. The lowest BCUT2D eigenvalue weighted by Gasteiger charge is -2.35. The number of benzene rings is 1. The van der Waals surface area contributed by atoms with E-state index < -0.39 is 0 Å². The molecule has 0 fully saturated rings. The monoisotopic (exact) mass is 261 g/mol. The number of hydrogen-bond acceptors (Lipinski definition) is 2. The van der Waals surface area contributed by atoms with Crippen LogP contribution < -0.4 is 0 Å². The molecule has 1 aliphatic carbocycles. The lowest BCUT2D eigenvalue weighted by molar-refractivity contribution is 0.0430. The third-order valence-electron chi connectivity index (χ3n) is 3.97. The van der Waals surface area contributed by atoms with Crippen molar-refractivity contribution in [2.75, 3.05) is 13.6 Å². The first-order chi connectivity index (χ1) is 8.88. The average Bonchev–Trinajstić information content (AvgIpc) is 2.47. The molecule has 2 rings (SSSR count). The molecule has 0 saturated heterocycles. The smallest absolute Gasteiger partial charge is 0.0947 e. The summed E-state index contributed by atoms with van der Waals surface area (Å²) >= 11 is 0. The highest BCUT2D eigenvalue weighted by Gasteiger charge is 2.30. The minimum Gasteiger partial charge on any atom is -0.387 e. The molecule has 0 radical (unpaired) electrons. The number of nitrogens with zero attached hydrogens (tertiary/aromatic N) is 1. The fourth-order valence-electron chi connectivity index (χ4n) is 3.24. The molecule has 1 N–H and O–H groups in total. The third kappa shape index (κ3) is 3.58. The molecule has 1 aromatic carbocycles. The lowest BCUT2D eigenvalue weighted by Crippen LogP contribution is -2.41. The summed E-state index contributed by atoms with van der Waals surface area (Å²) in [6.07, 6.45) is 2.97. The predicted octanol–water partition coefficient (Wildman–Crippen LogP) is 3.40. The van der Waals surface area contributed by atoms with Gasteiger partial charge in [-0.1, -0.05) is 45.0 Å². The Morgan fingerprint density at radius 1 is 1.26 bits per heavy atom. The van der Waals surface area contributed by atoms with Crippen LogP contribution >= 0.6 is 0 Å². The average molecular weight is 261 g/mol. The van der Waals surface area contributed by atoms with Crippen LogP contribution in [0.1, 0.15) is 50.8 Å². The molecule has 0 aliphatic heterocycles. The van der Waals surface area contributed by atoms with E-state index >= 15 is 0 Å². The Labute approximate surface area is 117 Å². The van der Waals surface area contributed by atoms with Crippen molar-refractivity contribution in [2.24, 2.45) is 5.41 Å². The zero-order valence-electron chi connectivity index (χ0n) is 12.7. The second kappa shape index (κ2) is 5.64. The van der Waals surface area contributed by atoms with E-state index in [1.165, 1.54) is 5.56 Å². The van der Waals surface area contributed by atoms with Gasteiger partial charge in [0.25, 0.3) is 0 Å². The Bertz CT molecular complexity index is 422. The summed E-state index contributed by atoms with van der Waals surface area (Å²) in [4.78, 5) is 2.34. The van der Waals surface area contributed by atoms with Crippen LogP contribution in [0.25, 0.3) is 0 Å². The summed E-state index contributed by atoms with van der Waals surface area (Å²) in [5.41, 5.74) is 2.72. The zero-order chi connectivity index (χ0) is 14.0. The maximum Gasteiger partial charge on any atom is 0.0947 e. The minimum atomic E-state index is -0.356. The Kier molecular flexibility index (Phi) is 4.32. The normalized spacial score (nSPS) is 24.1. The third-order valence-corrected chi connectivity index (χ3v) is 3.97. The Morgan fingerprint density at radius 3 is 2.63 bits per heavy atom. The van der Waals surface area contributed by atoms with Crippen molar-refractivity contribution in [3.05, 3.63) is 35.4 Å². The van der Waals surface area contributed by atoms with Crippen LogP contribution in [0.4, 0.5) is 0 Å². The van der Waals surface area contributed by atoms with Gasteiger partial charge in [0, 0.05) is 12.6 Å². The van der Waals surface area contributed by atoms with Crippen LogP contribution in [0.2, 0.25) is 0 Å².